The van der Waals surface area contributed by atoms with E-state index >= 15 is 0 Å². The van der Waals surface area contributed by atoms with Crippen molar-refractivity contribution in [2.24, 2.45) is 0 Å². The Kier molecular flexibility index (Phi) is 6.22. The van der Waals surface area contributed by atoms with Crippen LogP contribution >= 0.6 is 0 Å². The minimum absolute atomic E-state index is 0.566. The Labute approximate surface area is 277 Å². The fourth-order valence-corrected chi connectivity index (χ4v) is 7.30. The van der Waals surface area contributed by atoms with E-state index in [4.69, 9.17) is 0 Å². The number of aromatic nitrogens is 2. The van der Waals surface area contributed by atoms with Crippen molar-refractivity contribution in [3.63, 3.8) is 0 Å². The maximum atomic E-state index is 10.3. The zero-order chi connectivity index (χ0) is 32.2. The highest BCUT2D eigenvalue weighted by Gasteiger charge is 2.19. The van der Waals surface area contributed by atoms with Crippen molar-refractivity contribution < 1.29 is 0 Å². The molecule has 2 aromatic heterocycles. The minimum Gasteiger partial charge on any atom is -0.309 e. The van der Waals surface area contributed by atoms with E-state index in [2.05, 4.69) is 130 Å². The third-order valence-electron chi connectivity index (χ3n) is 9.43. The molecule has 0 saturated heterocycles. The third kappa shape index (κ3) is 4.07. The quantitative estimate of drug-likeness (QED) is 0.199. The van der Waals surface area contributed by atoms with E-state index in [1.807, 2.05) is 48.5 Å². The van der Waals surface area contributed by atoms with Crippen LogP contribution in [0.15, 0.2) is 158 Å². The molecular formula is C44H26N4. The van der Waals surface area contributed by atoms with Gasteiger partial charge in [0.1, 0.15) is 6.07 Å². The van der Waals surface area contributed by atoms with Crippen molar-refractivity contribution in [3.05, 3.63) is 169 Å². The maximum absolute atomic E-state index is 10.3. The Morgan fingerprint density at radius 3 is 1.29 bits per heavy atom. The molecule has 9 rings (SSSR count). The Bertz CT molecular complexity index is 2710. The molecule has 0 aliphatic carbocycles. The Morgan fingerprint density at radius 2 is 0.771 bits per heavy atom. The van der Waals surface area contributed by atoms with Crippen molar-refractivity contribution in [1.29, 1.82) is 10.5 Å². The summed E-state index contributed by atoms with van der Waals surface area (Å²) in [6.07, 6.45) is 0. The second-order valence-electron chi connectivity index (χ2n) is 12.0. The molecule has 0 radical (unpaired) electrons. The molecule has 0 aliphatic heterocycles. The summed E-state index contributed by atoms with van der Waals surface area (Å²) >= 11 is 0. The number of nitrogens with zero attached hydrogens (tertiary/aromatic N) is 4. The van der Waals surface area contributed by atoms with Gasteiger partial charge >= 0.3 is 0 Å². The zero-order valence-electron chi connectivity index (χ0n) is 25.8. The lowest BCUT2D eigenvalue weighted by molar-refractivity contribution is 1.17. The van der Waals surface area contributed by atoms with Crippen LogP contribution in [-0.2, 0) is 0 Å². The molecule has 0 atom stereocenters. The highest BCUT2D eigenvalue weighted by Crippen LogP contribution is 2.39. The highest BCUT2D eigenvalue weighted by atomic mass is 15.0. The average molecular weight is 611 g/mol. The van der Waals surface area contributed by atoms with Gasteiger partial charge in [-0.05, 0) is 65.7 Å². The van der Waals surface area contributed by atoms with Crippen LogP contribution in [0, 0.1) is 22.7 Å². The van der Waals surface area contributed by atoms with Crippen LogP contribution in [0.25, 0.3) is 77.2 Å². The van der Waals surface area contributed by atoms with Crippen LogP contribution in [0.3, 0.4) is 0 Å². The van der Waals surface area contributed by atoms with Crippen LogP contribution < -0.4 is 0 Å². The van der Waals surface area contributed by atoms with Gasteiger partial charge in [-0.2, -0.15) is 10.5 Å². The molecule has 4 nitrogen and oxygen atoms in total. The molecule has 0 aliphatic rings. The molecular weight excluding hydrogens is 585 g/mol. The van der Waals surface area contributed by atoms with Gasteiger partial charge in [-0.15, -0.1) is 0 Å². The molecule has 48 heavy (non-hydrogen) atoms. The monoisotopic (exact) mass is 610 g/mol. The summed E-state index contributed by atoms with van der Waals surface area (Å²) in [6.45, 7) is 0. The number of para-hydroxylation sites is 5. The standard InChI is InChI=1S/C44H26N4/c45-27-31-23-21-29(33-11-1-6-16-39(33)47-40-17-7-2-12-34(40)35-13-3-8-18-41(35)47)25-38(31)30-22-24-32(28-46)44(26-30)48-42-19-9-4-14-36(42)37-15-5-10-20-43(37)48/h1-26H. The van der Waals surface area contributed by atoms with Gasteiger partial charge in [-0.25, -0.2) is 0 Å². The van der Waals surface area contributed by atoms with Gasteiger partial charge in [0.15, 0.2) is 0 Å². The molecule has 222 valence electrons. The van der Waals surface area contributed by atoms with Gasteiger partial charge in [0.25, 0.3) is 0 Å². The van der Waals surface area contributed by atoms with Crippen LogP contribution in [0.5, 0.6) is 0 Å². The van der Waals surface area contributed by atoms with Gasteiger partial charge in [0.2, 0.25) is 0 Å². The lowest BCUT2D eigenvalue weighted by atomic mass is 9.93. The molecule has 0 saturated carbocycles. The van der Waals surface area contributed by atoms with Gasteiger partial charge in [-0.3, -0.25) is 0 Å². The van der Waals surface area contributed by atoms with E-state index in [1.165, 1.54) is 10.8 Å². The predicted octanol–water partition coefficient (Wildman–Crippen LogP) is 11.0. The van der Waals surface area contributed by atoms with Gasteiger partial charge in [-0.1, -0.05) is 103 Å². The van der Waals surface area contributed by atoms with Crippen LogP contribution in [-0.4, -0.2) is 9.13 Å². The average Bonchev–Trinajstić information content (AvgIpc) is 3.67. The van der Waals surface area contributed by atoms with E-state index in [0.717, 1.165) is 66.5 Å². The van der Waals surface area contributed by atoms with Gasteiger partial charge in [0.05, 0.1) is 50.6 Å². The van der Waals surface area contributed by atoms with Crippen molar-refractivity contribution in [2.45, 2.75) is 0 Å². The molecule has 0 bridgehead atoms. The lowest BCUT2D eigenvalue weighted by Crippen LogP contribution is -1.99. The summed E-state index contributed by atoms with van der Waals surface area (Å²) in [5.41, 5.74) is 11.1. The molecule has 0 fully saturated rings. The van der Waals surface area contributed by atoms with E-state index in [9.17, 15) is 10.5 Å². The summed E-state index contributed by atoms with van der Waals surface area (Å²) in [5.74, 6) is 0. The second kappa shape index (κ2) is 10.9. The van der Waals surface area contributed by atoms with Crippen molar-refractivity contribution >= 4 is 43.6 Å². The Morgan fingerprint density at radius 1 is 0.354 bits per heavy atom. The summed E-state index contributed by atoms with van der Waals surface area (Å²) in [5, 5.41) is 25.2. The number of rotatable bonds is 4. The molecule has 4 heteroatoms. The molecule has 0 unspecified atom stereocenters. The molecule has 0 spiro atoms. The SMILES string of the molecule is N#Cc1ccc(-c2ccccc2-n2c3ccccc3c3ccccc32)cc1-c1ccc(C#N)c(-n2c3ccccc3c3ccccc32)c1. The number of benzene rings is 7. The van der Waals surface area contributed by atoms with Crippen LogP contribution in [0.2, 0.25) is 0 Å². The number of fused-ring (bicyclic) bond motifs is 6. The fourth-order valence-electron chi connectivity index (χ4n) is 7.30. The first-order valence-electron chi connectivity index (χ1n) is 15.9. The van der Waals surface area contributed by atoms with Crippen molar-refractivity contribution in [2.75, 3.05) is 0 Å². The summed E-state index contributed by atoms with van der Waals surface area (Å²) in [7, 11) is 0. The smallest absolute Gasteiger partial charge is 0.101 e. The van der Waals surface area contributed by atoms with E-state index in [1.54, 1.807) is 0 Å². The Balaban J connectivity index is 1.26. The summed E-state index contributed by atoms with van der Waals surface area (Å²) in [6, 6.07) is 58.8. The fraction of sp³-hybridized carbons (Fsp3) is 0. The van der Waals surface area contributed by atoms with Crippen molar-refractivity contribution in [3.8, 4) is 45.8 Å². The van der Waals surface area contributed by atoms with Crippen LogP contribution in [0.1, 0.15) is 11.1 Å². The van der Waals surface area contributed by atoms with Gasteiger partial charge in [0, 0.05) is 32.7 Å². The highest BCUT2D eigenvalue weighted by molar-refractivity contribution is 6.10. The molecule has 7 aromatic carbocycles. The van der Waals surface area contributed by atoms with E-state index in [0.29, 0.717) is 11.1 Å². The first-order chi connectivity index (χ1) is 23.7. The normalized spacial score (nSPS) is 11.3. The summed E-state index contributed by atoms with van der Waals surface area (Å²) < 4.78 is 4.50. The number of hydrogen-bond acceptors (Lipinski definition) is 2. The largest absolute Gasteiger partial charge is 0.309 e. The first kappa shape index (κ1) is 27.4. The topological polar surface area (TPSA) is 57.4 Å². The first-order valence-corrected chi connectivity index (χ1v) is 15.9. The number of hydrogen-bond donors (Lipinski definition) is 0. The minimum atomic E-state index is 0.566. The molecule has 2 heterocycles. The third-order valence-corrected chi connectivity index (χ3v) is 9.43. The predicted molar refractivity (Wildman–Crippen MR) is 195 cm³/mol. The van der Waals surface area contributed by atoms with Gasteiger partial charge < -0.3 is 9.13 Å². The summed E-state index contributed by atoms with van der Waals surface area (Å²) in [4.78, 5) is 0. The molecule has 9 aromatic rings. The van der Waals surface area contributed by atoms with E-state index < -0.39 is 0 Å². The van der Waals surface area contributed by atoms with Crippen molar-refractivity contribution in [1.82, 2.24) is 9.13 Å². The van der Waals surface area contributed by atoms with Crippen LogP contribution in [0.4, 0.5) is 0 Å². The Hall–Kier alpha value is -6.88. The van der Waals surface area contributed by atoms with E-state index in [-0.39, 0.29) is 0 Å². The second-order valence-corrected chi connectivity index (χ2v) is 12.0. The maximum Gasteiger partial charge on any atom is 0.101 e. The molecule has 0 N–H and O–H groups in total. The number of nitriles is 2. The molecule has 0 amide bonds. The lowest BCUT2D eigenvalue weighted by Gasteiger charge is -2.16. The zero-order valence-corrected chi connectivity index (χ0v) is 25.8.